The molecule has 0 fully saturated rings. The molecule has 3 heteroatoms. The first-order chi connectivity index (χ1) is 7.90. The Balaban J connectivity index is 3.21. The van der Waals surface area contributed by atoms with Gasteiger partial charge in [-0.3, -0.25) is 0 Å². The van der Waals surface area contributed by atoms with Crippen LogP contribution in [0.15, 0.2) is 12.1 Å². The second-order valence-electron chi connectivity index (χ2n) is 5.32. The Morgan fingerprint density at radius 1 is 1.29 bits per heavy atom. The minimum absolute atomic E-state index is 0.101. The van der Waals surface area contributed by atoms with Gasteiger partial charge in [-0.15, -0.1) is 0 Å². The molecule has 96 valence electrons. The molecule has 0 aromatic heterocycles. The summed E-state index contributed by atoms with van der Waals surface area (Å²) in [4.78, 5) is 0. The van der Waals surface area contributed by atoms with Crippen molar-refractivity contribution in [2.45, 2.75) is 39.0 Å². The highest BCUT2D eigenvalue weighted by Gasteiger charge is 2.21. The van der Waals surface area contributed by atoms with Gasteiger partial charge in [0.2, 0.25) is 0 Å². The van der Waals surface area contributed by atoms with E-state index in [0.717, 1.165) is 29.7 Å². The highest BCUT2D eigenvalue weighted by molar-refractivity contribution is 5.49. The zero-order valence-electron chi connectivity index (χ0n) is 11.2. The Kier molecular flexibility index (Phi) is 4.40. The third-order valence-electron chi connectivity index (χ3n) is 2.86. The lowest BCUT2D eigenvalue weighted by molar-refractivity contribution is 0.402. The standard InChI is InChI=1S/C14H23NO2/c1-14(2,3)12-9-11(17-4)8-10(13(12)16)6-5-7-15/h8-9,16H,5-7,15H2,1-4H3. The summed E-state index contributed by atoms with van der Waals surface area (Å²) in [6.45, 7) is 6.86. The molecule has 1 aromatic rings. The summed E-state index contributed by atoms with van der Waals surface area (Å²) in [5.74, 6) is 1.17. The van der Waals surface area contributed by atoms with Crippen LogP contribution < -0.4 is 10.5 Å². The quantitative estimate of drug-likeness (QED) is 0.846. The van der Waals surface area contributed by atoms with Gasteiger partial charge in [-0.2, -0.15) is 0 Å². The summed E-state index contributed by atoms with van der Waals surface area (Å²) >= 11 is 0. The van der Waals surface area contributed by atoms with Gasteiger partial charge >= 0.3 is 0 Å². The van der Waals surface area contributed by atoms with Gasteiger partial charge in [-0.05, 0) is 42.5 Å². The van der Waals surface area contributed by atoms with Gasteiger partial charge in [-0.1, -0.05) is 20.8 Å². The molecule has 0 aliphatic rings. The lowest BCUT2D eigenvalue weighted by Crippen LogP contribution is -2.13. The number of rotatable bonds is 4. The van der Waals surface area contributed by atoms with Gasteiger partial charge in [-0.25, -0.2) is 0 Å². The monoisotopic (exact) mass is 237 g/mol. The Labute approximate surface area is 104 Å². The van der Waals surface area contributed by atoms with Crippen molar-refractivity contribution < 1.29 is 9.84 Å². The molecule has 0 radical (unpaired) electrons. The van der Waals surface area contributed by atoms with E-state index in [1.54, 1.807) is 7.11 Å². The van der Waals surface area contributed by atoms with Crippen LogP contribution in [-0.2, 0) is 11.8 Å². The van der Waals surface area contributed by atoms with Crippen LogP contribution in [0.1, 0.15) is 38.3 Å². The largest absolute Gasteiger partial charge is 0.507 e. The molecule has 1 aromatic carbocycles. The van der Waals surface area contributed by atoms with Gasteiger partial charge in [0.15, 0.2) is 0 Å². The van der Waals surface area contributed by atoms with Crippen molar-refractivity contribution in [1.29, 1.82) is 0 Å². The maximum atomic E-state index is 10.3. The van der Waals surface area contributed by atoms with E-state index in [1.807, 2.05) is 12.1 Å². The summed E-state index contributed by atoms with van der Waals surface area (Å²) in [7, 11) is 1.64. The molecule has 17 heavy (non-hydrogen) atoms. The minimum atomic E-state index is -0.101. The predicted molar refractivity (Wildman–Crippen MR) is 70.7 cm³/mol. The highest BCUT2D eigenvalue weighted by Crippen LogP contribution is 2.37. The lowest BCUT2D eigenvalue weighted by Gasteiger charge is -2.23. The zero-order chi connectivity index (χ0) is 13.1. The molecule has 0 aliphatic heterocycles. The molecule has 0 saturated carbocycles. The summed E-state index contributed by atoms with van der Waals surface area (Å²) in [5, 5.41) is 10.3. The van der Waals surface area contributed by atoms with E-state index in [1.165, 1.54) is 0 Å². The van der Waals surface area contributed by atoms with Gasteiger partial charge in [0.1, 0.15) is 11.5 Å². The van der Waals surface area contributed by atoms with E-state index in [9.17, 15) is 5.11 Å². The zero-order valence-corrected chi connectivity index (χ0v) is 11.2. The SMILES string of the molecule is COc1cc(CCCN)c(O)c(C(C)(C)C)c1. The van der Waals surface area contributed by atoms with Crippen molar-refractivity contribution >= 4 is 0 Å². The second kappa shape index (κ2) is 5.41. The third-order valence-corrected chi connectivity index (χ3v) is 2.86. The maximum Gasteiger partial charge on any atom is 0.122 e. The Morgan fingerprint density at radius 2 is 1.94 bits per heavy atom. The predicted octanol–water partition coefficient (Wildman–Crippen LogP) is 2.59. The summed E-state index contributed by atoms with van der Waals surface area (Å²) < 4.78 is 5.28. The first-order valence-electron chi connectivity index (χ1n) is 6.00. The van der Waals surface area contributed by atoms with Crippen LogP contribution in [-0.4, -0.2) is 18.8 Å². The average Bonchev–Trinajstić information content (AvgIpc) is 2.26. The lowest BCUT2D eigenvalue weighted by atomic mass is 9.84. The van der Waals surface area contributed by atoms with Crippen LogP contribution in [0.5, 0.6) is 11.5 Å². The van der Waals surface area contributed by atoms with E-state index >= 15 is 0 Å². The Hall–Kier alpha value is -1.22. The number of hydrogen-bond acceptors (Lipinski definition) is 3. The number of benzene rings is 1. The van der Waals surface area contributed by atoms with Crippen LogP contribution in [0.3, 0.4) is 0 Å². The maximum absolute atomic E-state index is 10.3. The van der Waals surface area contributed by atoms with Crippen LogP contribution in [0.4, 0.5) is 0 Å². The fourth-order valence-corrected chi connectivity index (χ4v) is 1.84. The van der Waals surface area contributed by atoms with E-state index in [2.05, 4.69) is 20.8 Å². The smallest absolute Gasteiger partial charge is 0.122 e. The van der Waals surface area contributed by atoms with Crippen molar-refractivity contribution in [3.8, 4) is 11.5 Å². The first kappa shape index (κ1) is 13.8. The number of methoxy groups -OCH3 is 1. The van der Waals surface area contributed by atoms with Gasteiger partial charge in [0.05, 0.1) is 7.11 Å². The van der Waals surface area contributed by atoms with E-state index in [0.29, 0.717) is 12.3 Å². The van der Waals surface area contributed by atoms with Gasteiger partial charge in [0, 0.05) is 5.56 Å². The number of nitrogens with two attached hydrogens (primary N) is 1. The molecule has 3 N–H and O–H groups in total. The molecule has 0 amide bonds. The van der Waals surface area contributed by atoms with Crippen LogP contribution in [0.25, 0.3) is 0 Å². The van der Waals surface area contributed by atoms with Crippen molar-refractivity contribution in [2.24, 2.45) is 5.73 Å². The first-order valence-corrected chi connectivity index (χ1v) is 6.00. The van der Waals surface area contributed by atoms with Crippen LogP contribution in [0.2, 0.25) is 0 Å². The topological polar surface area (TPSA) is 55.5 Å². The number of phenols is 1. The van der Waals surface area contributed by atoms with Crippen molar-refractivity contribution in [1.82, 2.24) is 0 Å². The fourth-order valence-electron chi connectivity index (χ4n) is 1.84. The van der Waals surface area contributed by atoms with Crippen LogP contribution in [0, 0.1) is 0 Å². The molecule has 1 rings (SSSR count). The number of hydrogen-bond donors (Lipinski definition) is 2. The van der Waals surface area contributed by atoms with Gasteiger partial charge in [0.25, 0.3) is 0 Å². The molecular formula is C14H23NO2. The molecular weight excluding hydrogens is 214 g/mol. The van der Waals surface area contributed by atoms with E-state index < -0.39 is 0 Å². The number of aryl methyl sites for hydroxylation is 1. The molecule has 0 heterocycles. The average molecular weight is 237 g/mol. The molecule has 0 aliphatic carbocycles. The molecule has 3 nitrogen and oxygen atoms in total. The Morgan fingerprint density at radius 3 is 2.41 bits per heavy atom. The summed E-state index contributed by atoms with van der Waals surface area (Å²) in [6, 6.07) is 3.79. The summed E-state index contributed by atoms with van der Waals surface area (Å²) in [6.07, 6.45) is 1.65. The van der Waals surface area contributed by atoms with Crippen molar-refractivity contribution in [2.75, 3.05) is 13.7 Å². The van der Waals surface area contributed by atoms with E-state index in [-0.39, 0.29) is 5.41 Å². The molecule has 0 atom stereocenters. The summed E-state index contributed by atoms with van der Waals surface area (Å²) in [5.41, 5.74) is 7.24. The fraction of sp³-hybridized carbons (Fsp3) is 0.571. The van der Waals surface area contributed by atoms with Gasteiger partial charge < -0.3 is 15.6 Å². The highest BCUT2D eigenvalue weighted by atomic mass is 16.5. The normalized spacial score (nSPS) is 11.6. The number of ether oxygens (including phenoxy) is 1. The third kappa shape index (κ3) is 3.37. The molecule has 0 spiro atoms. The minimum Gasteiger partial charge on any atom is -0.507 e. The van der Waals surface area contributed by atoms with E-state index in [4.69, 9.17) is 10.5 Å². The van der Waals surface area contributed by atoms with Crippen LogP contribution >= 0.6 is 0 Å². The number of phenolic OH excluding ortho intramolecular Hbond substituents is 1. The second-order valence-corrected chi connectivity index (χ2v) is 5.32. The molecule has 0 bridgehead atoms. The molecule has 0 saturated heterocycles. The Bertz CT molecular complexity index is 381. The van der Waals surface area contributed by atoms with Crippen molar-refractivity contribution in [3.05, 3.63) is 23.3 Å². The molecule has 0 unspecified atom stereocenters. The van der Waals surface area contributed by atoms with Crippen molar-refractivity contribution in [3.63, 3.8) is 0 Å². The number of aromatic hydroxyl groups is 1.